The molecule has 0 unspecified atom stereocenters. The van der Waals surface area contributed by atoms with Gasteiger partial charge in [0.15, 0.2) is 0 Å². The molecule has 1 radical (unpaired) electrons. The molecule has 2 aromatic rings. The highest BCUT2D eigenvalue weighted by Gasteiger charge is 1.95. The summed E-state index contributed by atoms with van der Waals surface area (Å²) in [7, 11) is 0. The van der Waals surface area contributed by atoms with Gasteiger partial charge >= 0.3 is 0 Å². The molecule has 97 valence electrons. The van der Waals surface area contributed by atoms with Crippen LogP contribution < -0.4 is 0 Å². The van der Waals surface area contributed by atoms with Crippen LogP contribution in [-0.2, 0) is 17.9 Å². The van der Waals surface area contributed by atoms with Gasteiger partial charge in [0.2, 0.25) is 0 Å². The Morgan fingerprint density at radius 1 is 1.05 bits per heavy atom. The molecule has 0 saturated carbocycles. The zero-order valence-corrected chi connectivity index (χ0v) is 11.4. The Morgan fingerprint density at radius 2 is 1.84 bits per heavy atom. The van der Waals surface area contributed by atoms with Crippen LogP contribution in [-0.4, -0.2) is 6.21 Å². The van der Waals surface area contributed by atoms with Crippen LogP contribution in [0, 0.1) is 6.92 Å². The highest BCUT2D eigenvalue weighted by atomic mass is 16.6. The lowest BCUT2D eigenvalue weighted by molar-refractivity contribution is 0.132. The number of rotatable bonds is 5. The molecule has 2 rings (SSSR count). The molecule has 0 fully saturated rings. The van der Waals surface area contributed by atoms with E-state index in [-0.39, 0.29) is 0 Å². The van der Waals surface area contributed by atoms with Gasteiger partial charge in [-0.25, -0.2) is 0 Å². The summed E-state index contributed by atoms with van der Waals surface area (Å²) in [5.74, 6) is 0. The molecule has 0 atom stereocenters. The summed E-state index contributed by atoms with van der Waals surface area (Å²) >= 11 is 0. The Labute approximate surface area is 114 Å². The first-order valence-corrected chi connectivity index (χ1v) is 6.50. The Balaban J connectivity index is 1.89. The van der Waals surface area contributed by atoms with Crippen molar-refractivity contribution < 1.29 is 4.84 Å². The van der Waals surface area contributed by atoms with E-state index in [1.807, 2.05) is 43.3 Å². The Bertz CT molecular complexity index is 561. The molecule has 0 bridgehead atoms. The van der Waals surface area contributed by atoms with Gasteiger partial charge < -0.3 is 4.84 Å². The number of nitrogens with zero attached hydrogens (tertiary/aromatic N) is 1. The van der Waals surface area contributed by atoms with Crippen LogP contribution >= 0.6 is 0 Å². The molecular formula is C17H18NO. The second kappa shape index (κ2) is 6.74. The van der Waals surface area contributed by atoms with Gasteiger partial charge in [0.25, 0.3) is 0 Å². The zero-order valence-electron chi connectivity index (χ0n) is 11.4. The molecule has 2 heteroatoms. The molecule has 2 nitrogen and oxygen atoms in total. The Hall–Kier alpha value is -2.09. The van der Waals surface area contributed by atoms with Gasteiger partial charge in [-0.15, -0.1) is 0 Å². The molecule has 0 N–H and O–H groups in total. The molecule has 0 aliphatic heterocycles. The lowest BCUT2D eigenvalue weighted by atomic mass is 10.1. The first kappa shape index (κ1) is 13.3. The van der Waals surface area contributed by atoms with Crippen LogP contribution in [0.2, 0.25) is 0 Å². The maximum Gasteiger partial charge on any atom is 0.142 e. The summed E-state index contributed by atoms with van der Waals surface area (Å²) in [6.07, 6.45) is 3.92. The van der Waals surface area contributed by atoms with Gasteiger partial charge in [0.05, 0.1) is 0 Å². The van der Waals surface area contributed by atoms with E-state index >= 15 is 0 Å². The van der Waals surface area contributed by atoms with Crippen molar-refractivity contribution >= 4 is 6.21 Å². The van der Waals surface area contributed by atoms with Gasteiger partial charge in [-0.1, -0.05) is 60.1 Å². The highest BCUT2D eigenvalue weighted by molar-refractivity contribution is 5.79. The van der Waals surface area contributed by atoms with Gasteiger partial charge in [0, 0.05) is 5.56 Å². The third-order valence-corrected chi connectivity index (χ3v) is 2.89. The summed E-state index contributed by atoms with van der Waals surface area (Å²) in [5.41, 5.74) is 4.57. The largest absolute Gasteiger partial charge is 0.390 e. The van der Waals surface area contributed by atoms with E-state index in [2.05, 4.69) is 30.4 Å². The average Bonchev–Trinajstić information content (AvgIpc) is 2.44. The van der Waals surface area contributed by atoms with E-state index in [4.69, 9.17) is 4.84 Å². The fourth-order valence-electron chi connectivity index (χ4n) is 1.85. The van der Waals surface area contributed by atoms with Crippen molar-refractivity contribution in [1.82, 2.24) is 0 Å². The molecule has 0 aliphatic rings. The summed E-state index contributed by atoms with van der Waals surface area (Å²) in [6.45, 7) is 4.67. The third kappa shape index (κ3) is 4.25. The molecule has 0 spiro atoms. The van der Waals surface area contributed by atoms with Crippen molar-refractivity contribution in [2.75, 3.05) is 0 Å². The molecule has 0 saturated heterocycles. The van der Waals surface area contributed by atoms with Gasteiger partial charge in [-0.2, -0.15) is 0 Å². The minimum absolute atomic E-state index is 0.479. The molecule has 0 aromatic heterocycles. The van der Waals surface area contributed by atoms with Gasteiger partial charge in [-0.05, 0) is 30.5 Å². The molecule has 19 heavy (non-hydrogen) atoms. The number of aryl methyl sites for hydroxylation is 2. The van der Waals surface area contributed by atoms with Crippen molar-refractivity contribution in [2.24, 2.45) is 5.16 Å². The smallest absolute Gasteiger partial charge is 0.142 e. The predicted octanol–water partition coefficient (Wildman–Crippen LogP) is 3.99. The second-order valence-corrected chi connectivity index (χ2v) is 4.52. The minimum Gasteiger partial charge on any atom is -0.390 e. The third-order valence-electron chi connectivity index (χ3n) is 2.89. The maximum absolute atomic E-state index is 5.28. The van der Waals surface area contributed by atoms with Crippen LogP contribution in [0.25, 0.3) is 0 Å². The molecular weight excluding hydrogens is 234 g/mol. The van der Waals surface area contributed by atoms with Crippen molar-refractivity contribution in [3.8, 4) is 0 Å². The fraction of sp³-hybridized carbons (Fsp3) is 0.235. The van der Waals surface area contributed by atoms with E-state index in [0.29, 0.717) is 6.61 Å². The standard InChI is InChI=1S/C17H18NO/c1-3-15-7-5-9-17(11-15)13-19-18-12-16-8-4-6-14(2)10-16/h4-11H,3,13H2,1-2H3. The van der Waals surface area contributed by atoms with Crippen molar-refractivity contribution in [3.63, 3.8) is 0 Å². The topological polar surface area (TPSA) is 21.6 Å². The lowest BCUT2D eigenvalue weighted by Crippen LogP contribution is -1.90. The average molecular weight is 252 g/mol. The van der Waals surface area contributed by atoms with E-state index in [0.717, 1.165) is 17.5 Å². The van der Waals surface area contributed by atoms with Crippen molar-refractivity contribution in [3.05, 3.63) is 70.8 Å². The lowest BCUT2D eigenvalue weighted by Gasteiger charge is -2.02. The van der Waals surface area contributed by atoms with Crippen LogP contribution in [0.1, 0.15) is 29.2 Å². The van der Waals surface area contributed by atoms with Crippen LogP contribution in [0.15, 0.2) is 53.7 Å². The second-order valence-electron chi connectivity index (χ2n) is 4.52. The summed E-state index contributed by atoms with van der Waals surface area (Å²) in [5, 5.41) is 3.88. The quantitative estimate of drug-likeness (QED) is 0.582. The SMILES string of the molecule is CCc1cccc(CO/N=[C]\c2cccc(C)c2)c1. The fourth-order valence-corrected chi connectivity index (χ4v) is 1.85. The van der Waals surface area contributed by atoms with Gasteiger partial charge in [-0.3, -0.25) is 0 Å². The van der Waals surface area contributed by atoms with Crippen molar-refractivity contribution in [2.45, 2.75) is 26.9 Å². The normalized spacial score (nSPS) is 10.8. The summed E-state index contributed by atoms with van der Waals surface area (Å²) < 4.78 is 0. The molecule has 0 amide bonds. The first-order chi connectivity index (χ1) is 9.28. The van der Waals surface area contributed by atoms with Gasteiger partial charge in [0.1, 0.15) is 12.8 Å². The van der Waals surface area contributed by atoms with E-state index in [1.54, 1.807) is 0 Å². The first-order valence-electron chi connectivity index (χ1n) is 6.50. The van der Waals surface area contributed by atoms with Crippen LogP contribution in [0.3, 0.4) is 0 Å². The number of benzene rings is 2. The molecule has 0 aliphatic carbocycles. The van der Waals surface area contributed by atoms with E-state index in [1.165, 1.54) is 11.1 Å². The van der Waals surface area contributed by atoms with Crippen LogP contribution in [0.5, 0.6) is 0 Å². The van der Waals surface area contributed by atoms with Crippen molar-refractivity contribution in [1.29, 1.82) is 0 Å². The minimum atomic E-state index is 0.479. The predicted molar refractivity (Wildman–Crippen MR) is 78.3 cm³/mol. The highest BCUT2D eigenvalue weighted by Crippen LogP contribution is 2.07. The van der Waals surface area contributed by atoms with Crippen LogP contribution in [0.4, 0.5) is 0 Å². The summed E-state index contributed by atoms with van der Waals surface area (Å²) in [4.78, 5) is 5.28. The van der Waals surface area contributed by atoms with E-state index < -0.39 is 0 Å². The monoisotopic (exact) mass is 252 g/mol. The molecule has 2 aromatic carbocycles. The Morgan fingerprint density at radius 3 is 2.63 bits per heavy atom. The number of hydrogen-bond acceptors (Lipinski definition) is 2. The summed E-state index contributed by atoms with van der Waals surface area (Å²) in [6, 6.07) is 16.4. The molecule has 0 heterocycles. The Kier molecular flexibility index (Phi) is 4.73. The van der Waals surface area contributed by atoms with E-state index in [9.17, 15) is 0 Å². The number of hydrogen-bond donors (Lipinski definition) is 0. The zero-order chi connectivity index (χ0) is 13.5. The maximum atomic E-state index is 5.28.